The minimum atomic E-state index is 0.0263. The second kappa shape index (κ2) is 8.76. The highest BCUT2D eigenvalue weighted by atomic mass is 16.5. The van der Waals surface area contributed by atoms with Crippen molar-refractivity contribution in [1.82, 2.24) is 14.9 Å². The lowest BCUT2D eigenvalue weighted by Crippen LogP contribution is -2.39. The van der Waals surface area contributed by atoms with Gasteiger partial charge >= 0.3 is 0 Å². The van der Waals surface area contributed by atoms with E-state index in [4.69, 9.17) is 4.74 Å². The van der Waals surface area contributed by atoms with Crippen molar-refractivity contribution < 1.29 is 9.53 Å². The van der Waals surface area contributed by atoms with E-state index in [0.717, 1.165) is 30.7 Å². The molecule has 1 amide bonds. The highest BCUT2D eigenvalue weighted by Crippen LogP contribution is 2.24. The number of aromatic nitrogens is 2. The highest BCUT2D eigenvalue weighted by Gasteiger charge is 2.22. The number of benzene rings is 1. The topological polar surface area (TPSA) is 67.3 Å². The van der Waals surface area contributed by atoms with Gasteiger partial charge in [0.25, 0.3) is 5.91 Å². The van der Waals surface area contributed by atoms with Gasteiger partial charge in [0, 0.05) is 50.3 Å². The van der Waals surface area contributed by atoms with E-state index in [1.54, 1.807) is 12.4 Å². The van der Waals surface area contributed by atoms with Gasteiger partial charge in [-0.3, -0.25) is 9.78 Å². The smallest absolute Gasteiger partial charge is 0.253 e. The number of hydrogen-bond acceptors (Lipinski definition) is 5. The Kier molecular flexibility index (Phi) is 6.17. The molecule has 2 aromatic rings. The van der Waals surface area contributed by atoms with Crippen LogP contribution in [-0.2, 0) is 4.74 Å². The number of amides is 1. The first-order valence-electron chi connectivity index (χ1n) is 9.23. The molecule has 26 heavy (non-hydrogen) atoms. The van der Waals surface area contributed by atoms with Crippen molar-refractivity contribution >= 4 is 11.7 Å². The highest BCUT2D eigenvalue weighted by molar-refractivity contribution is 5.95. The molecule has 0 unspecified atom stereocenters. The molecule has 0 aliphatic carbocycles. The standard InChI is InChI=1S/C20H26N4O2/c1-3-24(14-17-9-4-5-12-26-17)20(25)16-8-6-7-15(13-16)18-19(21-2)23-11-10-22-18/h6-8,10-11,13,17H,3-5,9,12,14H2,1-2H3,(H,21,23)/t17-/m1/s1. The van der Waals surface area contributed by atoms with Crippen LogP contribution in [0, 0.1) is 0 Å². The average Bonchev–Trinajstić information content (AvgIpc) is 2.72. The molecular formula is C20H26N4O2. The van der Waals surface area contributed by atoms with Crippen LogP contribution in [0.3, 0.4) is 0 Å². The van der Waals surface area contributed by atoms with Crippen molar-refractivity contribution in [2.45, 2.75) is 32.3 Å². The zero-order chi connectivity index (χ0) is 18.4. The summed E-state index contributed by atoms with van der Waals surface area (Å²) in [5.74, 6) is 0.721. The van der Waals surface area contributed by atoms with Crippen LogP contribution in [-0.4, -0.2) is 53.6 Å². The van der Waals surface area contributed by atoms with E-state index >= 15 is 0 Å². The van der Waals surface area contributed by atoms with Crippen LogP contribution in [0.25, 0.3) is 11.3 Å². The third-order valence-corrected chi connectivity index (χ3v) is 4.68. The van der Waals surface area contributed by atoms with Crippen molar-refractivity contribution in [2.24, 2.45) is 0 Å². The molecule has 0 bridgehead atoms. The van der Waals surface area contributed by atoms with E-state index in [1.165, 1.54) is 6.42 Å². The van der Waals surface area contributed by atoms with Crippen LogP contribution in [0.2, 0.25) is 0 Å². The van der Waals surface area contributed by atoms with Crippen molar-refractivity contribution in [3.8, 4) is 11.3 Å². The van der Waals surface area contributed by atoms with Gasteiger partial charge in [-0.05, 0) is 38.3 Å². The van der Waals surface area contributed by atoms with E-state index in [1.807, 2.05) is 43.1 Å². The fourth-order valence-electron chi connectivity index (χ4n) is 3.27. The summed E-state index contributed by atoms with van der Waals surface area (Å²) < 4.78 is 5.80. The minimum Gasteiger partial charge on any atom is -0.376 e. The maximum atomic E-state index is 13.0. The van der Waals surface area contributed by atoms with Crippen LogP contribution in [0.4, 0.5) is 5.82 Å². The largest absolute Gasteiger partial charge is 0.376 e. The van der Waals surface area contributed by atoms with Gasteiger partial charge in [-0.1, -0.05) is 12.1 Å². The van der Waals surface area contributed by atoms with E-state index in [-0.39, 0.29) is 12.0 Å². The summed E-state index contributed by atoms with van der Waals surface area (Å²) in [6.07, 6.45) is 6.76. The molecule has 1 atom stereocenters. The van der Waals surface area contributed by atoms with Gasteiger partial charge in [-0.15, -0.1) is 0 Å². The maximum absolute atomic E-state index is 13.0. The predicted octanol–water partition coefficient (Wildman–Crippen LogP) is 3.22. The Bertz CT molecular complexity index is 744. The molecule has 0 spiro atoms. The Morgan fingerprint density at radius 3 is 2.88 bits per heavy atom. The fraction of sp³-hybridized carbons (Fsp3) is 0.450. The summed E-state index contributed by atoms with van der Waals surface area (Å²) in [6, 6.07) is 7.58. The molecule has 1 aromatic carbocycles. The van der Waals surface area contributed by atoms with Gasteiger partial charge < -0.3 is 15.0 Å². The van der Waals surface area contributed by atoms with Crippen molar-refractivity contribution in [2.75, 3.05) is 32.1 Å². The molecule has 1 fully saturated rings. The third kappa shape index (κ3) is 4.19. The number of rotatable bonds is 6. The molecule has 0 radical (unpaired) electrons. The van der Waals surface area contributed by atoms with Crippen LogP contribution < -0.4 is 5.32 Å². The Balaban J connectivity index is 1.80. The van der Waals surface area contributed by atoms with E-state index in [0.29, 0.717) is 24.5 Å². The number of anilines is 1. The molecule has 6 nitrogen and oxygen atoms in total. The second-order valence-electron chi connectivity index (χ2n) is 6.42. The average molecular weight is 354 g/mol. The fourth-order valence-corrected chi connectivity index (χ4v) is 3.27. The van der Waals surface area contributed by atoms with E-state index in [2.05, 4.69) is 15.3 Å². The Morgan fingerprint density at radius 1 is 1.31 bits per heavy atom. The van der Waals surface area contributed by atoms with E-state index < -0.39 is 0 Å². The monoisotopic (exact) mass is 354 g/mol. The molecule has 0 saturated carbocycles. The summed E-state index contributed by atoms with van der Waals surface area (Å²) in [5, 5.41) is 3.05. The lowest BCUT2D eigenvalue weighted by atomic mass is 10.1. The summed E-state index contributed by atoms with van der Waals surface area (Å²) in [4.78, 5) is 23.6. The predicted molar refractivity (Wildman–Crippen MR) is 102 cm³/mol. The molecule has 6 heteroatoms. The molecule has 1 aliphatic rings. The van der Waals surface area contributed by atoms with Crippen LogP contribution in [0.15, 0.2) is 36.7 Å². The lowest BCUT2D eigenvalue weighted by molar-refractivity contribution is -0.00311. The van der Waals surface area contributed by atoms with Crippen molar-refractivity contribution in [1.29, 1.82) is 0 Å². The molecule has 1 saturated heterocycles. The van der Waals surface area contributed by atoms with Gasteiger partial charge in [0.1, 0.15) is 5.69 Å². The van der Waals surface area contributed by atoms with Crippen LogP contribution >= 0.6 is 0 Å². The summed E-state index contributed by atoms with van der Waals surface area (Å²) >= 11 is 0. The van der Waals surface area contributed by atoms with Gasteiger partial charge in [0.05, 0.1) is 6.10 Å². The number of hydrogen-bond donors (Lipinski definition) is 1. The molecule has 1 aliphatic heterocycles. The molecular weight excluding hydrogens is 328 g/mol. The number of likely N-dealkylation sites (N-methyl/N-ethyl adjacent to an activating group) is 1. The molecule has 3 rings (SSSR count). The van der Waals surface area contributed by atoms with E-state index in [9.17, 15) is 4.79 Å². The zero-order valence-electron chi connectivity index (χ0n) is 15.4. The SMILES string of the molecule is CCN(C[C@H]1CCCCO1)C(=O)c1cccc(-c2nccnc2NC)c1. The van der Waals surface area contributed by atoms with Crippen LogP contribution in [0.1, 0.15) is 36.5 Å². The van der Waals surface area contributed by atoms with Crippen molar-refractivity contribution in [3.05, 3.63) is 42.2 Å². The number of ether oxygens (including phenoxy) is 1. The van der Waals surface area contributed by atoms with Gasteiger partial charge in [-0.25, -0.2) is 4.98 Å². The number of nitrogens with zero attached hydrogens (tertiary/aromatic N) is 3. The van der Waals surface area contributed by atoms with Crippen LogP contribution in [0.5, 0.6) is 0 Å². The Morgan fingerprint density at radius 2 is 2.15 bits per heavy atom. The van der Waals surface area contributed by atoms with Gasteiger partial charge in [0.2, 0.25) is 0 Å². The molecule has 138 valence electrons. The number of carbonyl (C=O) groups excluding carboxylic acids is 1. The van der Waals surface area contributed by atoms with Gasteiger partial charge in [-0.2, -0.15) is 0 Å². The minimum absolute atomic E-state index is 0.0263. The lowest BCUT2D eigenvalue weighted by Gasteiger charge is -2.29. The Labute approximate surface area is 154 Å². The molecule has 1 aromatic heterocycles. The molecule has 2 heterocycles. The van der Waals surface area contributed by atoms with Crippen molar-refractivity contribution in [3.63, 3.8) is 0 Å². The Hall–Kier alpha value is -2.47. The zero-order valence-corrected chi connectivity index (χ0v) is 15.4. The number of carbonyl (C=O) groups is 1. The summed E-state index contributed by atoms with van der Waals surface area (Å²) in [7, 11) is 1.81. The first kappa shape index (κ1) is 18.3. The molecule has 1 N–H and O–H groups in total. The summed E-state index contributed by atoms with van der Waals surface area (Å²) in [5.41, 5.74) is 2.27. The number of nitrogens with one attached hydrogen (secondary N) is 1. The normalized spacial score (nSPS) is 16.9. The maximum Gasteiger partial charge on any atom is 0.253 e. The van der Waals surface area contributed by atoms with Gasteiger partial charge in [0.15, 0.2) is 5.82 Å². The summed E-state index contributed by atoms with van der Waals surface area (Å²) in [6.45, 7) is 4.11. The third-order valence-electron chi connectivity index (χ3n) is 4.68. The first-order chi connectivity index (χ1) is 12.7. The second-order valence-corrected chi connectivity index (χ2v) is 6.42. The first-order valence-corrected chi connectivity index (χ1v) is 9.23. The quantitative estimate of drug-likeness (QED) is 0.863.